The zero-order valence-corrected chi connectivity index (χ0v) is 14.5. The highest BCUT2D eigenvalue weighted by atomic mass is 16.2. The number of nitrogens with one attached hydrogen (secondary N) is 2. The summed E-state index contributed by atoms with van der Waals surface area (Å²) in [6, 6.07) is 13.5. The molecule has 2 aromatic carbocycles. The van der Waals surface area contributed by atoms with Crippen LogP contribution in [0.5, 0.6) is 0 Å². The van der Waals surface area contributed by atoms with Crippen molar-refractivity contribution in [3.8, 4) is 0 Å². The van der Waals surface area contributed by atoms with E-state index in [0.717, 1.165) is 24.1 Å². The lowest BCUT2D eigenvalue weighted by Crippen LogP contribution is -2.27. The van der Waals surface area contributed by atoms with E-state index in [2.05, 4.69) is 10.6 Å². The maximum Gasteiger partial charge on any atom is 0.251 e. The average Bonchev–Trinajstić information content (AvgIpc) is 3.47. The number of carbonyl (C=O) groups excluding carboxylic acids is 3. The van der Waals surface area contributed by atoms with Gasteiger partial charge in [-0.15, -0.1) is 0 Å². The zero-order chi connectivity index (χ0) is 18.7. The first-order chi connectivity index (χ1) is 12.4. The van der Waals surface area contributed by atoms with Crippen LogP contribution in [0.25, 0.3) is 0 Å². The molecular weight excluding hydrogens is 330 g/mol. The molecule has 1 atom stereocenters. The lowest BCUT2D eigenvalue weighted by Gasteiger charge is -2.15. The fourth-order valence-corrected chi connectivity index (χ4v) is 2.62. The largest absolute Gasteiger partial charge is 0.366 e. The molecule has 134 valence electrons. The zero-order valence-electron chi connectivity index (χ0n) is 14.5. The summed E-state index contributed by atoms with van der Waals surface area (Å²) in [5.41, 5.74) is 7.57. The van der Waals surface area contributed by atoms with Crippen molar-refractivity contribution >= 4 is 23.4 Å². The molecule has 1 aliphatic rings. The molecule has 0 saturated heterocycles. The Morgan fingerprint density at radius 2 is 1.69 bits per heavy atom. The standard InChI is InChI=1S/C20H21N3O3/c1-12(22-20(26)16-4-2-3-15(11-16)18(21)24)13-7-9-17(10-8-13)23-19(25)14-5-6-14/h2-4,7-12,14H,5-6H2,1H3,(H2,21,24)(H,22,26)(H,23,25). The number of nitrogens with two attached hydrogens (primary N) is 1. The van der Waals surface area contributed by atoms with E-state index in [1.165, 1.54) is 6.07 Å². The molecule has 4 N–H and O–H groups in total. The first-order valence-corrected chi connectivity index (χ1v) is 8.55. The van der Waals surface area contributed by atoms with Crippen molar-refractivity contribution in [2.45, 2.75) is 25.8 Å². The third-order valence-corrected chi connectivity index (χ3v) is 4.38. The van der Waals surface area contributed by atoms with Crippen LogP contribution in [0, 0.1) is 5.92 Å². The number of anilines is 1. The molecule has 1 aliphatic carbocycles. The van der Waals surface area contributed by atoms with Gasteiger partial charge in [-0.05, 0) is 55.7 Å². The second-order valence-electron chi connectivity index (χ2n) is 6.53. The Balaban J connectivity index is 1.62. The SMILES string of the molecule is CC(NC(=O)c1cccc(C(N)=O)c1)c1ccc(NC(=O)C2CC2)cc1. The highest BCUT2D eigenvalue weighted by Gasteiger charge is 2.29. The van der Waals surface area contributed by atoms with Gasteiger partial charge in [-0.25, -0.2) is 0 Å². The predicted molar refractivity (Wildman–Crippen MR) is 98.6 cm³/mol. The summed E-state index contributed by atoms with van der Waals surface area (Å²) in [6.45, 7) is 1.87. The van der Waals surface area contributed by atoms with Gasteiger partial charge >= 0.3 is 0 Å². The average molecular weight is 351 g/mol. The monoisotopic (exact) mass is 351 g/mol. The fraction of sp³-hybridized carbons (Fsp3) is 0.250. The number of hydrogen-bond donors (Lipinski definition) is 3. The van der Waals surface area contributed by atoms with Crippen LogP contribution >= 0.6 is 0 Å². The molecular formula is C20H21N3O3. The number of carbonyl (C=O) groups is 3. The third-order valence-electron chi connectivity index (χ3n) is 4.38. The summed E-state index contributed by atoms with van der Waals surface area (Å²) >= 11 is 0. The molecule has 6 nitrogen and oxygen atoms in total. The molecule has 0 bridgehead atoms. The maximum absolute atomic E-state index is 12.4. The van der Waals surface area contributed by atoms with E-state index in [0.29, 0.717) is 11.1 Å². The fourth-order valence-electron chi connectivity index (χ4n) is 2.62. The van der Waals surface area contributed by atoms with Crippen molar-refractivity contribution in [2.24, 2.45) is 11.7 Å². The van der Waals surface area contributed by atoms with Crippen LogP contribution < -0.4 is 16.4 Å². The number of amides is 3. The van der Waals surface area contributed by atoms with Gasteiger partial charge in [-0.3, -0.25) is 14.4 Å². The topological polar surface area (TPSA) is 101 Å². The summed E-state index contributed by atoms with van der Waals surface area (Å²) in [5.74, 6) is -0.638. The van der Waals surface area contributed by atoms with E-state index < -0.39 is 5.91 Å². The van der Waals surface area contributed by atoms with Crippen molar-refractivity contribution in [3.63, 3.8) is 0 Å². The molecule has 0 radical (unpaired) electrons. The van der Waals surface area contributed by atoms with Gasteiger partial charge in [0, 0.05) is 22.7 Å². The van der Waals surface area contributed by atoms with Gasteiger partial charge in [0.2, 0.25) is 11.8 Å². The van der Waals surface area contributed by atoms with Crippen LogP contribution in [-0.4, -0.2) is 17.7 Å². The molecule has 0 spiro atoms. The highest BCUT2D eigenvalue weighted by Crippen LogP contribution is 2.30. The number of benzene rings is 2. The van der Waals surface area contributed by atoms with Gasteiger partial charge in [0.1, 0.15) is 0 Å². The van der Waals surface area contributed by atoms with E-state index in [4.69, 9.17) is 5.73 Å². The molecule has 0 aliphatic heterocycles. The van der Waals surface area contributed by atoms with Crippen molar-refractivity contribution < 1.29 is 14.4 Å². The number of hydrogen-bond acceptors (Lipinski definition) is 3. The van der Waals surface area contributed by atoms with Crippen molar-refractivity contribution in [1.82, 2.24) is 5.32 Å². The van der Waals surface area contributed by atoms with Gasteiger partial charge in [-0.2, -0.15) is 0 Å². The molecule has 0 heterocycles. The summed E-state index contributed by atoms with van der Waals surface area (Å²) in [5, 5.41) is 5.77. The smallest absolute Gasteiger partial charge is 0.251 e. The molecule has 6 heteroatoms. The first-order valence-electron chi connectivity index (χ1n) is 8.55. The molecule has 26 heavy (non-hydrogen) atoms. The molecule has 1 fully saturated rings. The minimum absolute atomic E-state index is 0.0634. The third kappa shape index (κ3) is 4.27. The van der Waals surface area contributed by atoms with E-state index in [1.54, 1.807) is 18.2 Å². The van der Waals surface area contributed by atoms with Crippen LogP contribution in [-0.2, 0) is 4.79 Å². The van der Waals surface area contributed by atoms with Crippen molar-refractivity contribution in [1.29, 1.82) is 0 Å². The van der Waals surface area contributed by atoms with Crippen LogP contribution in [0.2, 0.25) is 0 Å². The second-order valence-corrected chi connectivity index (χ2v) is 6.53. The molecule has 1 unspecified atom stereocenters. The Labute approximate surface area is 151 Å². The summed E-state index contributed by atoms with van der Waals surface area (Å²) in [7, 11) is 0. The Morgan fingerprint density at radius 1 is 1.04 bits per heavy atom. The number of primary amides is 1. The molecule has 3 amide bonds. The Kier molecular flexibility index (Phi) is 5.02. The molecule has 0 aromatic heterocycles. The Hall–Kier alpha value is -3.15. The van der Waals surface area contributed by atoms with Crippen LogP contribution in [0.1, 0.15) is 52.1 Å². The second kappa shape index (κ2) is 7.39. The van der Waals surface area contributed by atoms with E-state index >= 15 is 0 Å². The van der Waals surface area contributed by atoms with Crippen molar-refractivity contribution in [3.05, 3.63) is 65.2 Å². The van der Waals surface area contributed by atoms with Gasteiger partial charge in [0.15, 0.2) is 0 Å². The summed E-state index contributed by atoms with van der Waals surface area (Å²) in [4.78, 5) is 35.4. The molecule has 2 aromatic rings. The van der Waals surface area contributed by atoms with Gasteiger partial charge in [0.05, 0.1) is 6.04 Å². The maximum atomic E-state index is 12.4. The van der Waals surface area contributed by atoms with E-state index in [-0.39, 0.29) is 23.8 Å². The van der Waals surface area contributed by atoms with Crippen LogP contribution in [0.15, 0.2) is 48.5 Å². The van der Waals surface area contributed by atoms with E-state index in [9.17, 15) is 14.4 Å². The Bertz CT molecular complexity index is 842. The lowest BCUT2D eigenvalue weighted by molar-refractivity contribution is -0.117. The summed E-state index contributed by atoms with van der Waals surface area (Å²) in [6.07, 6.45) is 1.92. The highest BCUT2D eigenvalue weighted by molar-refractivity contribution is 5.99. The predicted octanol–water partition coefficient (Wildman–Crippen LogP) is 2.63. The quantitative estimate of drug-likeness (QED) is 0.745. The minimum atomic E-state index is -0.573. The summed E-state index contributed by atoms with van der Waals surface area (Å²) < 4.78 is 0. The van der Waals surface area contributed by atoms with Gasteiger partial charge in [0.25, 0.3) is 5.91 Å². The molecule has 3 rings (SSSR count). The van der Waals surface area contributed by atoms with Gasteiger partial charge in [-0.1, -0.05) is 18.2 Å². The van der Waals surface area contributed by atoms with E-state index in [1.807, 2.05) is 31.2 Å². The lowest BCUT2D eigenvalue weighted by atomic mass is 10.1. The van der Waals surface area contributed by atoms with Crippen molar-refractivity contribution in [2.75, 3.05) is 5.32 Å². The normalized spacial score (nSPS) is 14.3. The molecule has 1 saturated carbocycles. The Morgan fingerprint density at radius 3 is 2.31 bits per heavy atom. The number of rotatable bonds is 6. The minimum Gasteiger partial charge on any atom is -0.366 e. The van der Waals surface area contributed by atoms with Crippen LogP contribution in [0.3, 0.4) is 0 Å². The van der Waals surface area contributed by atoms with Crippen LogP contribution in [0.4, 0.5) is 5.69 Å². The first kappa shape index (κ1) is 17.7. The van der Waals surface area contributed by atoms with Gasteiger partial charge < -0.3 is 16.4 Å².